The first-order valence-corrected chi connectivity index (χ1v) is 11.2. The second-order valence-corrected chi connectivity index (χ2v) is 8.24. The number of rotatable bonds is 6. The van der Waals surface area contributed by atoms with Crippen LogP contribution in [0.2, 0.25) is 0 Å². The molecule has 2 saturated heterocycles. The number of hydrogen-bond acceptors (Lipinski definition) is 4. The lowest BCUT2D eigenvalue weighted by molar-refractivity contribution is -0.137. The van der Waals surface area contributed by atoms with E-state index < -0.39 is 0 Å². The van der Waals surface area contributed by atoms with E-state index >= 15 is 0 Å². The van der Waals surface area contributed by atoms with Gasteiger partial charge in [0.15, 0.2) is 0 Å². The Morgan fingerprint density at radius 1 is 0.938 bits per heavy atom. The largest absolute Gasteiger partial charge is 0.494 e. The topological polar surface area (TPSA) is 70.2 Å². The first kappa shape index (κ1) is 21.9. The number of hydrogen-bond donors (Lipinski definition) is 0. The molecule has 0 radical (unpaired) electrons. The molecule has 2 aliphatic rings. The van der Waals surface area contributed by atoms with Crippen LogP contribution >= 0.6 is 0 Å². The Morgan fingerprint density at radius 2 is 1.59 bits per heavy atom. The number of nitrogens with zero attached hydrogens (tertiary/aromatic N) is 3. The van der Waals surface area contributed by atoms with Gasteiger partial charge in [0.25, 0.3) is 5.91 Å². The van der Waals surface area contributed by atoms with Crippen molar-refractivity contribution in [1.29, 1.82) is 0 Å². The average Bonchev–Trinajstić information content (AvgIpc) is 3.19. The van der Waals surface area contributed by atoms with Gasteiger partial charge in [-0.15, -0.1) is 0 Å². The molecule has 1 unspecified atom stereocenters. The predicted octanol–water partition coefficient (Wildman–Crippen LogP) is 2.42. The van der Waals surface area contributed by atoms with Crippen LogP contribution in [0.15, 0.2) is 54.6 Å². The molecule has 2 heterocycles. The minimum absolute atomic E-state index is 0.0158. The van der Waals surface area contributed by atoms with Crippen molar-refractivity contribution in [2.24, 2.45) is 5.92 Å². The zero-order valence-corrected chi connectivity index (χ0v) is 18.4. The van der Waals surface area contributed by atoms with E-state index in [1.807, 2.05) is 37.3 Å². The monoisotopic (exact) mass is 435 g/mol. The van der Waals surface area contributed by atoms with E-state index in [2.05, 4.69) is 0 Å². The molecule has 0 N–H and O–H groups in total. The molecule has 168 valence electrons. The van der Waals surface area contributed by atoms with E-state index in [-0.39, 0.29) is 30.1 Å². The van der Waals surface area contributed by atoms with Crippen LogP contribution in [0.3, 0.4) is 0 Å². The van der Waals surface area contributed by atoms with E-state index in [1.165, 1.54) is 0 Å². The molecule has 7 nitrogen and oxygen atoms in total. The van der Waals surface area contributed by atoms with Crippen LogP contribution in [0.5, 0.6) is 5.75 Å². The molecule has 1 atom stereocenters. The quantitative estimate of drug-likeness (QED) is 0.699. The van der Waals surface area contributed by atoms with Crippen LogP contribution in [-0.4, -0.2) is 71.8 Å². The molecule has 4 rings (SSSR count). The molecule has 2 aromatic rings. The maximum absolute atomic E-state index is 13.0. The van der Waals surface area contributed by atoms with Gasteiger partial charge >= 0.3 is 0 Å². The third kappa shape index (κ3) is 4.93. The van der Waals surface area contributed by atoms with Gasteiger partial charge in [0, 0.05) is 51.3 Å². The van der Waals surface area contributed by atoms with E-state index in [9.17, 15) is 14.4 Å². The summed E-state index contributed by atoms with van der Waals surface area (Å²) in [6.45, 7) is 5.46. The highest BCUT2D eigenvalue weighted by Crippen LogP contribution is 2.23. The van der Waals surface area contributed by atoms with Crippen molar-refractivity contribution < 1.29 is 19.1 Å². The molecule has 0 bridgehead atoms. The average molecular weight is 436 g/mol. The van der Waals surface area contributed by atoms with Crippen LogP contribution in [0, 0.1) is 5.92 Å². The highest BCUT2D eigenvalue weighted by Gasteiger charge is 2.37. The second-order valence-electron chi connectivity index (χ2n) is 8.24. The van der Waals surface area contributed by atoms with Crippen LogP contribution < -0.4 is 4.74 Å². The normalized spacial score (nSPS) is 18.7. The maximum atomic E-state index is 13.0. The summed E-state index contributed by atoms with van der Waals surface area (Å²) in [6, 6.07) is 17.0. The Hall–Kier alpha value is -3.35. The Bertz CT molecular complexity index is 953. The van der Waals surface area contributed by atoms with Crippen molar-refractivity contribution in [3.63, 3.8) is 0 Å². The summed E-state index contributed by atoms with van der Waals surface area (Å²) in [7, 11) is 0. The summed E-state index contributed by atoms with van der Waals surface area (Å²) in [6.07, 6.45) is 0.261. The Balaban J connectivity index is 1.29. The summed E-state index contributed by atoms with van der Waals surface area (Å²) in [4.78, 5) is 43.6. The van der Waals surface area contributed by atoms with Gasteiger partial charge in [-0.25, -0.2) is 0 Å². The zero-order chi connectivity index (χ0) is 22.5. The van der Waals surface area contributed by atoms with Crippen molar-refractivity contribution in [2.75, 3.05) is 39.3 Å². The van der Waals surface area contributed by atoms with Crippen LogP contribution in [0.1, 0.15) is 29.3 Å². The molecule has 2 aromatic carbocycles. The number of likely N-dealkylation sites (tertiary alicyclic amines) is 1. The summed E-state index contributed by atoms with van der Waals surface area (Å²) in [5.74, 6) is 0.440. The molecule has 7 heteroatoms. The molecular weight excluding hydrogens is 406 g/mol. The van der Waals surface area contributed by atoms with Crippen LogP contribution in [-0.2, 0) is 16.1 Å². The number of carbonyl (C=O) groups excluding carboxylic acids is 3. The van der Waals surface area contributed by atoms with Gasteiger partial charge in [0.1, 0.15) is 5.75 Å². The molecule has 32 heavy (non-hydrogen) atoms. The molecule has 0 spiro atoms. The summed E-state index contributed by atoms with van der Waals surface area (Å²) in [5, 5.41) is 0. The lowest BCUT2D eigenvalue weighted by atomic mass is 10.1. The minimum Gasteiger partial charge on any atom is -0.494 e. The lowest BCUT2D eigenvalue weighted by Gasteiger charge is -2.36. The first-order valence-electron chi connectivity index (χ1n) is 11.2. The summed E-state index contributed by atoms with van der Waals surface area (Å²) < 4.78 is 5.43. The molecule has 0 saturated carbocycles. The summed E-state index contributed by atoms with van der Waals surface area (Å²) in [5.41, 5.74) is 1.68. The third-order valence-corrected chi connectivity index (χ3v) is 6.07. The highest BCUT2D eigenvalue weighted by molar-refractivity contribution is 5.94. The predicted molar refractivity (Wildman–Crippen MR) is 120 cm³/mol. The lowest BCUT2D eigenvalue weighted by Crippen LogP contribution is -2.52. The smallest absolute Gasteiger partial charge is 0.253 e. The third-order valence-electron chi connectivity index (χ3n) is 6.07. The van der Waals surface area contributed by atoms with Gasteiger partial charge in [-0.1, -0.05) is 30.3 Å². The highest BCUT2D eigenvalue weighted by atomic mass is 16.5. The number of ether oxygens (including phenoxy) is 1. The molecule has 2 fully saturated rings. The number of piperazine rings is 1. The fourth-order valence-corrected chi connectivity index (χ4v) is 4.33. The molecule has 2 aliphatic heterocycles. The SMILES string of the molecule is CCOc1ccc(C(=O)N2CCN(C(=O)C3CC(=O)N(Cc4ccccc4)C3)CC2)cc1. The standard InChI is InChI=1S/C25H29N3O4/c1-2-32-22-10-8-20(9-11-22)24(30)26-12-14-27(15-13-26)25(31)21-16-23(29)28(18-21)17-19-6-4-3-5-7-19/h3-11,21H,2,12-18H2,1H3. The van der Waals surface area contributed by atoms with Crippen molar-refractivity contribution in [3.05, 3.63) is 65.7 Å². The number of carbonyl (C=O) groups is 3. The van der Waals surface area contributed by atoms with E-state index in [4.69, 9.17) is 4.74 Å². The van der Waals surface area contributed by atoms with E-state index in [1.54, 1.807) is 39.0 Å². The van der Waals surface area contributed by atoms with Crippen LogP contribution in [0.4, 0.5) is 0 Å². The van der Waals surface area contributed by atoms with Gasteiger partial charge < -0.3 is 19.4 Å². The van der Waals surface area contributed by atoms with Gasteiger partial charge in [-0.2, -0.15) is 0 Å². The first-order chi connectivity index (χ1) is 15.5. The van der Waals surface area contributed by atoms with Crippen molar-refractivity contribution in [3.8, 4) is 5.75 Å². The second kappa shape index (κ2) is 9.85. The van der Waals surface area contributed by atoms with Crippen molar-refractivity contribution in [2.45, 2.75) is 19.9 Å². The van der Waals surface area contributed by atoms with Crippen molar-refractivity contribution >= 4 is 17.7 Å². The Labute approximate surface area is 188 Å². The number of amides is 3. The van der Waals surface area contributed by atoms with Gasteiger partial charge in [-0.3, -0.25) is 14.4 Å². The summed E-state index contributed by atoms with van der Waals surface area (Å²) >= 11 is 0. The van der Waals surface area contributed by atoms with E-state index in [0.29, 0.717) is 51.4 Å². The fraction of sp³-hybridized carbons (Fsp3) is 0.400. The molecular formula is C25H29N3O4. The maximum Gasteiger partial charge on any atom is 0.253 e. The van der Waals surface area contributed by atoms with Crippen LogP contribution in [0.25, 0.3) is 0 Å². The zero-order valence-electron chi connectivity index (χ0n) is 18.4. The van der Waals surface area contributed by atoms with Gasteiger partial charge in [-0.05, 0) is 36.8 Å². The Kier molecular flexibility index (Phi) is 6.73. The van der Waals surface area contributed by atoms with Crippen molar-refractivity contribution in [1.82, 2.24) is 14.7 Å². The molecule has 0 aliphatic carbocycles. The molecule has 0 aromatic heterocycles. The fourth-order valence-electron chi connectivity index (χ4n) is 4.33. The Morgan fingerprint density at radius 3 is 2.25 bits per heavy atom. The van der Waals surface area contributed by atoms with Gasteiger partial charge in [0.05, 0.1) is 12.5 Å². The number of benzene rings is 2. The molecule has 3 amide bonds. The van der Waals surface area contributed by atoms with Gasteiger partial charge in [0.2, 0.25) is 11.8 Å². The minimum atomic E-state index is -0.306. The van der Waals surface area contributed by atoms with E-state index in [0.717, 1.165) is 11.3 Å².